The minimum atomic E-state index is -0.577. The SMILES string of the molecule is COc1ccc(CCN2C(=O)[C@@H](Oc3ccccc3C)[C@@H]2c2ccc3c(c2)OCO3)cc1. The van der Waals surface area contributed by atoms with Gasteiger partial charge in [-0.1, -0.05) is 36.4 Å². The summed E-state index contributed by atoms with van der Waals surface area (Å²) in [5, 5.41) is 0. The van der Waals surface area contributed by atoms with Gasteiger partial charge >= 0.3 is 0 Å². The first-order chi connectivity index (χ1) is 15.6. The molecule has 2 aliphatic rings. The number of carbonyl (C=O) groups excluding carboxylic acids is 1. The summed E-state index contributed by atoms with van der Waals surface area (Å²) in [6, 6.07) is 21.3. The van der Waals surface area contributed by atoms with Gasteiger partial charge in [0.1, 0.15) is 17.5 Å². The van der Waals surface area contributed by atoms with Gasteiger partial charge in [-0.25, -0.2) is 0 Å². The molecule has 0 bridgehead atoms. The Morgan fingerprint density at radius 2 is 1.78 bits per heavy atom. The number of methoxy groups -OCH3 is 1. The molecule has 0 spiro atoms. The summed E-state index contributed by atoms with van der Waals surface area (Å²) in [4.78, 5) is 15.0. The molecule has 2 aliphatic heterocycles. The van der Waals surface area contributed by atoms with Crippen LogP contribution >= 0.6 is 0 Å². The Labute approximate surface area is 187 Å². The van der Waals surface area contributed by atoms with Gasteiger partial charge in [0, 0.05) is 6.54 Å². The molecular weight excluding hydrogens is 406 g/mol. The molecule has 0 saturated carbocycles. The first-order valence-electron chi connectivity index (χ1n) is 10.7. The van der Waals surface area contributed by atoms with E-state index in [0.29, 0.717) is 12.3 Å². The van der Waals surface area contributed by atoms with Crippen molar-refractivity contribution in [3.05, 3.63) is 83.4 Å². The second kappa shape index (κ2) is 8.46. The number of fused-ring (bicyclic) bond motifs is 1. The largest absolute Gasteiger partial charge is 0.497 e. The van der Waals surface area contributed by atoms with E-state index in [1.54, 1.807) is 7.11 Å². The molecule has 3 aromatic rings. The summed E-state index contributed by atoms with van der Waals surface area (Å²) in [5.74, 6) is 2.96. The molecule has 0 N–H and O–H groups in total. The molecule has 1 amide bonds. The second-order valence-electron chi connectivity index (χ2n) is 7.99. The van der Waals surface area contributed by atoms with Gasteiger partial charge in [0.2, 0.25) is 12.9 Å². The lowest BCUT2D eigenvalue weighted by molar-refractivity contribution is -0.164. The number of likely N-dealkylation sites (tertiary alicyclic amines) is 1. The van der Waals surface area contributed by atoms with E-state index in [-0.39, 0.29) is 18.7 Å². The molecule has 1 fully saturated rings. The Balaban J connectivity index is 1.38. The topological polar surface area (TPSA) is 57.2 Å². The van der Waals surface area contributed by atoms with E-state index in [0.717, 1.165) is 40.4 Å². The third-order valence-corrected chi connectivity index (χ3v) is 6.04. The van der Waals surface area contributed by atoms with Crippen molar-refractivity contribution in [1.29, 1.82) is 0 Å². The lowest BCUT2D eigenvalue weighted by atomic mass is 9.89. The van der Waals surface area contributed by atoms with Crippen molar-refractivity contribution in [3.8, 4) is 23.0 Å². The van der Waals surface area contributed by atoms with Gasteiger partial charge in [0.25, 0.3) is 5.91 Å². The number of aryl methyl sites for hydroxylation is 1. The highest BCUT2D eigenvalue weighted by Gasteiger charge is 2.50. The highest BCUT2D eigenvalue weighted by atomic mass is 16.7. The molecule has 6 nitrogen and oxygen atoms in total. The zero-order valence-corrected chi connectivity index (χ0v) is 18.1. The first-order valence-corrected chi connectivity index (χ1v) is 10.7. The maximum absolute atomic E-state index is 13.1. The number of β-lactam (4-membered cyclic amide) rings is 1. The number of ether oxygens (including phenoxy) is 4. The van der Waals surface area contributed by atoms with Crippen molar-refractivity contribution in [1.82, 2.24) is 4.90 Å². The van der Waals surface area contributed by atoms with Gasteiger partial charge in [0.15, 0.2) is 11.5 Å². The average Bonchev–Trinajstić information content (AvgIpc) is 3.29. The van der Waals surface area contributed by atoms with Crippen molar-refractivity contribution < 1.29 is 23.7 Å². The van der Waals surface area contributed by atoms with Crippen LogP contribution in [0.5, 0.6) is 23.0 Å². The summed E-state index contributed by atoms with van der Waals surface area (Å²) in [7, 11) is 1.65. The molecule has 2 heterocycles. The third-order valence-electron chi connectivity index (χ3n) is 6.04. The molecular formula is C26H25NO5. The van der Waals surface area contributed by atoms with Crippen LogP contribution in [0.2, 0.25) is 0 Å². The number of rotatable bonds is 7. The van der Waals surface area contributed by atoms with Crippen molar-refractivity contribution in [2.75, 3.05) is 20.4 Å². The van der Waals surface area contributed by atoms with Crippen molar-refractivity contribution in [2.24, 2.45) is 0 Å². The Morgan fingerprint density at radius 1 is 1.00 bits per heavy atom. The highest BCUT2D eigenvalue weighted by molar-refractivity contribution is 5.89. The van der Waals surface area contributed by atoms with Gasteiger partial charge in [-0.3, -0.25) is 4.79 Å². The lowest BCUT2D eigenvalue weighted by Crippen LogP contribution is -2.61. The average molecular weight is 431 g/mol. The predicted molar refractivity (Wildman–Crippen MR) is 119 cm³/mol. The fourth-order valence-electron chi connectivity index (χ4n) is 4.20. The molecule has 0 unspecified atom stereocenters. The van der Waals surface area contributed by atoms with Gasteiger partial charge in [-0.05, 0) is 60.4 Å². The van der Waals surface area contributed by atoms with Crippen molar-refractivity contribution in [3.63, 3.8) is 0 Å². The molecule has 3 aromatic carbocycles. The molecule has 32 heavy (non-hydrogen) atoms. The fourth-order valence-corrected chi connectivity index (χ4v) is 4.20. The van der Waals surface area contributed by atoms with Crippen LogP contribution in [0.4, 0.5) is 0 Å². The van der Waals surface area contributed by atoms with E-state index in [9.17, 15) is 4.79 Å². The molecule has 5 rings (SSSR count). The number of hydrogen-bond donors (Lipinski definition) is 0. The van der Waals surface area contributed by atoms with E-state index in [4.69, 9.17) is 18.9 Å². The van der Waals surface area contributed by atoms with Gasteiger partial charge in [-0.2, -0.15) is 0 Å². The van der Waals surface area contributed by atoms with Gasteiger partial charge in [-0.15, -0.1) is 0 Å². The number of amides is 1. The molecule has 0 aromatic heterocycles. The van der Waals surface area contributed by atoms with E-state index in [2.05, 4.69) is 0 Å². The summed E-state index contributed by atoms with van der Waals surface area (Å²) in [5.41, 5.74) is 3.12. The molecule has 6 heteroatoms. The number of benzene rings is 3. The minimum Gasteiger partial charge on any atom is -0.497 e. The second-order valence-corrected chi connectivity index (χ2v) is 7.99. The number of carbonyl (C=O) groups is 1. The van der Waals surface area contributed by atoms with Crippen LogP contribution in [0.1, 0.15) is 22.7 Å². The zero-order valence-electron chi connectivity index (χ0n) is 18.1. The first kappa shape index (κ1) is 20.2. The number of nitrogens with zero attached hydrogens (tertiary/aromatic N) is 1. The van der Waals surface area contributed by atoms with Crippen molar-refractivity contribution in [2.45, 2.75) is 25.5 Å². The van der Waals surface area contributed by atoms with Crippen LogP contribution in [0.15, 0.2) is 66.7 Å². The van der Waals surface area contributed by atoms with E-state index in [1.807, 2.05) is 78.6 Å². The normalized spacial score (nSPS) is 18.9. The van der Waals surface area contributed by atoms with Crippen LogP contribution in [-0.4, -0.2) is 37.4 Å². The van der Waals surface area contributed by atoms with E-state index in [1.165, 1.54) is 0 Å². The summed E-state index contributed by atoms with van der Waals surface area (Å²) < 4.78 is 22.5. The van der Waals surface area contributed by atoms with Crippen LogP contribution in [0.3, 0.4) is 0 Å². The number of hydrogen-bond acceptors (Lipinski definition) is 5. The van der Waals surface area contributed by atoms with E-state index >= 15 is 0 Å². The molecule has 0 aliphatic carbocycles. The van der Waals surface area contributed by atoms with Crippen molar-refractivity contribution >= 4 is 5.91 Å². The summed E-state index contributed by atoms with van der Waals surface area (Å²) >= 11 is 0. The summed E-state index contributed by atoms with van der Waals surface area (Å²) in [6.07, 6.45) is 0.167. The summed E-state index contributed by atoms with van der Waals surface area (Å²) in [6.45, 7) is 2.79. The Morgan fingerprint density at radius 3 is 2.56 bits per heavy atom. The fraction of sp³-hybridized carbons (Fsp3) is 0.269. The molecule has 1 saturated heterocycles. The molecule has 164 valence electrons. The maximum atomic E-state index is 13.1. The number of para-hydroxylation sites is 1. The van der Waals surface area contributed by atoms with Crippen LogP contribution in [0, 0.1) is 6.92 Å². The zero-order chi connectivity index (χ0) is 22.1. The monoisotopic (exact) mass is 431 g/mol. The van der Waals surface area contributed by atoms with Crippen LogP contribution in [0.25, 0.3) is 0 Å². The standard InChI is InChI=1S/C26H25NO5/c1-17-5-3-4-6-21(17)32-25-24(19-9-12-22-23(15-19)31-16-30-22)27(26(25)28)14-13-18-7-10-20(29-2)11-8-18/h3-12,15,24-25H,13-14,16H2,1-2H3/t24-,25-/m0/s1. The predicted octanol–water partition coefficient (Wildman–Crippen LogP) is 4.31. The highest BCUT2D eigenvalue weighted by Crippen LogP contribution is 2.42. The Kier molecular flexibility index (Phi) is 5.35. The molecule has 0 radical (unpaired) electrons. The lowest BCUT2D eigenvalue weighted by Gasteiger charge is -2.47. The van der Waals surface area contributed by atoms with E-state index < -0.39 is 6.10 Å². The molecule has 2 atom stereocenters. The maximum Gasteiger partial charge on any atom is 0.266 e. The van der Waals surface area contributed by atoms with Crippen LogP contribution in [-0.2, 0) is 11.2 Å². The van der Waals surface area contributed by atoms with Crippen LogP contribution < -0.4 is 18.9 Å². The Bertz CT molecular complexity index is 1130. The van der Waals surface area contributed by atoms with Gasteiger partial charge < -0.3 is 23.8 Å². The Hall–Kier alpha value is -3.67. The van der Waals surface area contributed by atoms with Gasteiger partial charge in [0.05, 0.1) is 7.11 Å². The minimum absolute atomic E-state index is 0.00979. The quantitative estimate of drug-likeness (QED) is 0.522. The smallest absolute Gasteiger partial charge is 0.266 e. The third kappa shape index (κ3) is 3.73.